The van der Waals surface area contributed by atoms with Crippen LogP contribution in [0.2, 0.25) is 0 Å². The molecule has 0 bridgehead atoms. The molecule has 1 aromatic carbocycles. The number of carboxylic acid groups (broad SMARTS) is 1. The fraction of sp³-hybridized carbons (Fsp3) is 0.417. The first kappa shape index (κ1) is 15.9. The topological polar surface area (TPSA) is 109 Å². The number of carbonyl (C=O) groups is 1. The van der Waals surface area contributed by atoms with E-state index >= 15 is 0 Å². The standard InChI is InChI=1S/C12H15NO6S2/c1-20(16,17)9-4-6-10(7-5-9)21(18,19)13-8-2-3-11(13)12(14)15/h4-7,11H,2-3,8H2,1H3,(H,14,15)/t11-/m0/s1. The van der Waals surface area contributed by atoms with Gasteiger partial charge in [-0.15, -0.1) is 0 Å². The summed E-state index contributed by atoms with van der Waals surface area (Å²) in [5.74, 6) is -1.18. The molecule has 1 aliphatic rings. The van der Waals surface area contributed by atoms with E-state index in [4.69, 9.17) is 5.11 Å². The number of benzene rings is 1. The van der Waals surface area contributed by atoms with Crippen LogP contribution in [0.15, 0.2) is 34.1 Å². The maximum atomic E-state index is 12.4. The van der Waals surface area contributed by atoms with Crippen LogP contribution in [-0.4, -0.2) is 51.1 Å². The molecule has 1 N–H and O–H groups in total. The third-order valence-electron chi connectivity index (χ3n) is 3.35. The van der Waals surface area contributed by atoms with Crippen molar-refractivity contribution in [2.24, 2.45) is 0 Å². The first-order chi connectivity index (χ1) is 9.64. The summed E-state index contributed by atoms with van der Waals surface area (Å²) in [7, 11) is -7.35. The van der Waals surface area contributed by atoms with Gasteiger partial charge in [0.15, 0.2) is 9.84 Å². The summed E-state index contributed by atoms with van der Waals surface area (Å²) in [5.41, 5.74) is 0. The van der Waals surface area contributed by atoms with Crippen molar-refractivity contribution in [1.82, 2.24) is 4.31 Å². The van der Waals surface area contributed by atoms with E-state index in [2.05, 4.69) is 0 Å². The Morgan fingerprint density at radius 2 is 1.67 bits per heavy atom. The van der Waals surface area contributed by atoms with Crippen molar-refractivity contribution in [3.8, 4) is 0 Å². The first-order valence-corrected chi connectivity index (χ1v) is 9.52. The van der Waals surface area contributed by atoms with Crippen molar-refractivity contribution in [2.75, 3.05) is 12.8 Å². The summed E-state index contributed by atoms with van der Waals surface area (Å²) in [6, 6.07) is 3.71. The van der Waals surface area contributed by atoms with Crippen LogP contribution < -0.4 is 0 Å². The quantitative estimate of drug-likeness (QED) is 0.850. The van der Waals surface area contributed by atoms with E-state index in [9.17, 15) is 21.6 Å². The van der Waals surface area contributed by atoms with E-state index < -0.39 is 31.9 Å². The SMILES string of the molecule is CS(=O)(=O)c1ccc(S(=O)(=O)N2CCC[C@H]2C(=O)O)cc1. The molecule has 1 heterocycles. The highest BCUT2D eigenvalue weighted by Gasteiger charge is 2.39. The molecule has 7 nitrogen and oxygen atoms in total. The van der Waals surface area contributed by atoms with Crippen molar-refractivity contribution in [1.29, 1.82) is 0 Å². The van der Waals surface area contributed by atoms with Gasteiger partial charge in [0.2, 0.25) is 10.0 Å². The van der Waals surface area contributed by atoms with Crippen molar-refractivity contribution >= 4 is 25.8 Å². The summed E-state index contributed by atoms with van der Waals surface area (Å²) < 4.78 is 48.5. The van der Waals surface area contributed by atoms with Crippen LogP contribution in [0.3, 0.4) is 0 Å². The molecular formula is C12H15NO6S2. The third kappa shape index (κ3) is 3.09. The molecule has 0 aromatic heterocycles. The van der Waals surface area contributed by atoms with Gasteiger partial charge in [0, 0.05) is 12.8 Å². The monoisotopic (exact) mass is 333 g/mol. The van der Waals surface area contributed by atoms with Crippen LogP contribution in [0.1, 0.15) is 12.8 Å². The number of carboxylic acids is 1. The minimum atomic E-state index is -3.94. The molecule has 1 aromatic rings. The molecule has 0 aliphatic carbocycles. The molecule has 9 heteroatoms. The summed E-state index contributed by atoms with van der Waals surface area (Å²) in [5, 5.41) is 9.06. The summed E-state index contributed by atoms with van der Waals surface area (Å²) >= 11 is 0. The van der Waals surface area contributed by atoms with Crippen molar-refractivity contribution in [2.45, 2.75) is 28.7 Å². The first-order valence-electron chi connectivity index (χ1n) is 6.19. The van der Waals surface area contributed by atoms with Gasteiger partial charge in [-0.1, -0.05) is 0 Å². The average Bonchev–Trinajstić information content (AvgIpc) is 2.88. The van der Waals surface area contributed by atoms with E-state index in [0.29, 0.717) is 6.42 Å². The predicted octanol–water partition coefficient (Wildman–Crippen LogP) is 0.328. The summed E-state index contributed by atoms with van der Waals surface area (Å²) in [6.45, 7) is 0.146. The maximum absolute atomic E-state index is 12.4. The van der Waals surface area contributed by atoms with Gasteiger partial charge in [-0.3, -0.25) is 4.79 Å². The normalized spacial score (nSPS) is 20.5. The van der Waals surface area contributed by atoms with Crippen LogP contribution in [0, 0.1) is 0 Å². The fourth-order valence-corrected chi connectivity index (χ4v) is 4.55. The number of hydrogen-bond acceptors (Lipinski definition) is 5. The lowest BCUT2D eigenvalue weighted by Crippen LogP contribution is -2.40. The molecule has 116 valence electrons. The maximum Gasteiger partial charge on any atom is 0.322 e. The van der Waals surface area contributed by atoms with Crippen LogP contribution in [0.25, 0.3) is 0 Å². The Hall–Kier alpha value is -1.45. The van der Waals surface area contributed by atoms with Crippen molar-refractivity contribution in [3.63, 3.8) is 0 Å². The van der Waals surface area contributed by atoms with E-state index in [0.717, 1.165) is 10.6 Å². The lowest BCUT2D eigenvalue weighted by atomic mass is 10.2. The zero-order valence-corrected chi connectivity index (χ0v) is 12.9. The molecule has 0 radical (unpaired) electrons. The number of aliphatic carboxylic acids is 1. The van der Waals surface area contributed by atoms with E-state index in [1.165, 1.54) is 24.3 Å². The highest BCUT2D eigenvalue weighted by molar-refractivity contribution is 7.90. The van der Waals surface area contributed by atoms with Crippen molar-refractivity contribution in [3.05, 3.63) is 24.3 Å². The lowest BCUT2D eigenvalue weighted by molar-refractivity contribution is -0.140. The zero-order chi connectivity index (χ0) is 15.8. The molecule has 1 saturated heterocycles. The van der Waals surface area contributed by atoms with Gasteiger partial charge < -0.3 is 5.11 Å². The minimum Gasteiger partial charge on any atom is -0.480 e. The second-order valence-corrected chi connectivity index (χ2v) is 8.76. The van der Waals surface area contributed by atoms with Crippen LogP contribution in [-0.2, 0) is 24.7 Å². The lowest BCUT2D eigenvalue weighted by Gasteiger charge is -2.21. The van der Waals surface area contributed by atoms with E-state index in [1.54, 1.807) is 0 Å². The number of sulfone groups is 1. The second kappa shape index (κ2) is 5.39. The Kier molecular flexibility index (Phi) is 4.09. The molecule has 1 aliphatic heterocycles. The van der Waals surface area contributed by atoms with Crippen LogP contribution in [0.5, 0.6) is 0 Å². The molecule has 2 rings (SSSR count). The Morgan fingerprint density at radius 3 is 2.14 bits per heavy atom. The predicted molar refractivity (Wildman–Crippen MR) is 74.1 cm³/mol. The Labute approximate surface area is 123 Å². The largest absolute Gasteiger partial charge is 0.480 e. The van der Waals surface area contributed by atoms with Crippen molar-refractivity contribution < 1.29 is 26.7 Å². The van der Waals surface area contributed by atoms with Crippen LogP contribution in [0.4, 0.5) is 0 Å². The summed E-state index contributed by atoms with van der Waals surface area (Å²) in [6.07, 6.45) is 1.78. The van der Waals surface area contributed by atoms with Gasteiger partial charge >= 0.3 is 5.97 Å². The second-order valence-electron chi connectivity index (χ2n) is 4.86. The number of nitrogens with zero attached hydrogens (tertiary/aromatic N) is 1. The van der Waals surface area contributed by atoms with Gasteiger partial charge in [0.25, 0.3) is 0 Å². The molecule has 0 spiro atoms. The highest BCUT2D eigenvalue weighted by Crippen LogP contribution is 2.26. The fourth-order valence-electron chi connectivity index (χ4n) is 2.27. The molecule has 1 fully saturated rings. The zero-order valence-electron chi connectivity index (χ0n) is 11.3. The van der Waals surface area contributed by atoms with E-state index in [1.807, 2.05) is 0 Å². The Bertz CT molecular complexity index is 751. The molecular weight excluding hydrogens is 318 g/mol. The highest BCUT2D eigenvalue weighted by atomic mass is 32.2. The van der Waals surface area contributed by atoms with Crippen LogP contribution >= 0.6 is 0 Å². The van der Waals surface area contributed by atoms with Gasteiger partial charge in [0.05, 0.1) is 9.79 Å². The van der Waals surface area contributed by atoms with Gasteiger partial charge in [-0.05, 0) is 37.1 Å². The molecule has 1 atom stereocenters. The number of sulfonamides is 1. The molecule has 0 saturated carbocycles. The molecule has 0 unspecified atom stereocenters. The number of rotatable bonds is 4. The third-order valence-corrected chi connectivity index (χ3v) is 6.40. The smallest absolute Gasteiger partial charge is 0.322 e. The van der Waals surface area contributed by atoms with Gasteiger partial charge in [0.1, 0.15) is 6.04 Å². The summed E-state index contributed by atoms with van der Waals surface area (Å²) in [4.78, 5) is 11.0. The average molecular weight is 333 g/mol. The van der Waals surface area contributed by atoms with Gasteiger partial charge in [-0.25, -0.2) is 16.8 Å². The van der Waals surface area contributed by atoms with E-state index in [-0.39, 0.29) is 22.8 Å². The Balaban J connectivity index is 2.38. The van der Waals surface area contributed by atoms with Gasteiger partial charge in [-0.2, -0.15) is 4.31 Å². The molecule has 21 heavy (non-hydrogen) atoms. The number of hydrogen-bond donors (Lipinski definition) is 1. The molecule has 0 amide bonds. The Morgan fingerprint density at radius 1 is 1.14 bits per heavy atom. The minimum absolute atomic E-state index is 0.0117.